The number of hydrogen-bond acceptors (Lipinski definition) is 1. The molecule has 1 nitrogen and oxygen atoms in total. The summed E-state index contributed by atoms with van der Waals surface area (Å²) in [6.07, 6.45) is 6.59. The highest BCUT2D eigenvalue weighted by Crippen LogP contribution is 2.15. The molecule has 0 saturated heterocycles. The summed E-state index contributed by atoms with van der Waals surface area (Å²) in [6, 6.07) is 21.3. The number of aryl methyl sites for hydroxylation is 2. The Hall–Kier alpha value is -1.57. The van der Waals surface area contributed by atoms with Gasteiger partial charge in [-0.3, -0.25) is 0 Å². The summed E-state index contributed by atoms with van der Waals surface area (Å²) in [6.45, 7) is 0.638. The molecule has 0 amide bonds. The molecule has 2 heteroatoms. The van der Waals surface area contributed by atoms with Crippen molar-refractivity contribution < 1.29 is 0 Å². The van der Waals surface area contributed by atoms with E-state index in [1.54, 1.807) is 0 Å². The van der Waals surface area contributed by atoms with E-state index in [1.165, 1.54) is 16.7 Å². The van der Waals surface area contributed by atoms with Gasteiger partial charge in [0.05, 0.1) is 0 Å². The van der Waals surface area contributed by atoms with Gasteiger partial charge in [-0.2, -0.15) is 0 Å². The molecule has 0 radical (unpaired) electrons. The predicted molar refractivity (Wildman–Crippen MR) is 93.9 cm³/mol. The highest BCUT2D eigenvalue weighted by Gasteiger charge is 2.00. The van der Waals surface area contributed by atoms with Gasteiger partial charge in [0.15, 0.2) is 0 Å². The molecule has 0 atom stereocenters. The maximum Gasteiger partial charge on any atom is 0.0109 e. The lowest BCUT2D eigenvalue weighted by Gasteiger charge is -2.08. The van der Waals surface area contributed by atoms with Gasteiger partial charge in [0.1, 0.15) is 0 Å². The number of benzene rings is 2. The van der Waals surface area contributed by atoms with Crippen molar-refractivity contribution in [2.45, 2.75) is 25.7 Å². The van der Waals surface area contributed by atoms with E-state index in [-0.39, 0.29) is 12.4 Å². The van der Waals surface area contributed by atoms with Gasteiger partial charge in [0.25, 0.3) is 0 Å². The Morgan fingerprint density at radius 2 is 1.19 bits per heavy atom. The second kappa shape index (κ2) is 10.2. The van der Waals surface area contributed by atoms with Gasteiger partial charge in [-0.15, -0.1) is 12.4 Å². The van der Waals surface area contributed by atoms with E-state index in [4.69, 9.17) is 5.73 Å². The van der Waals surface area contributed by atoms with E-state index in [2.05, 4.69) is 66.7 Å². The Kier molecular flexibility index (Phi) is 8.49. The number of rotatable bonds is 7. The molecule has 0 spiro atoms. The van der Waals surface area contributed by atoms with Gasteiger partial charge < -0.3 is 5.73 Å². The molecule has 112 valence electrons. The number of hydrogen-bond donors (Lipinski definition) is 1. The topological polar surface area (TPSA) is 26.0 Å². The van der Waals surface area contributed by atoms with Crippen molar-refractivity contribution in [3.63, 3.8) is 0 Å². The molecule has 0 aromatic heterocycles. The molecule has 0 unspecified atom stereocenters. The van der Waals surface area contributed by atoms with Crippen molar-refractivity contribution in [3.05, 3.63) is 83.4 Å². The fourth-order valence-electron chi connectivity index (χ4n) is 2.39. The zero-order chi connectivity index (χ0) is 14.0. The van der Waals surface area contributed by atoms with Crippen LogP contribution in [0.3, 0.4) is 0 Å². The van der Waals surface area contributed by atoms with Crippen LogP contribution >= 0.6 is 12.4 Å². The van der Waals surface area contributed by atoms with Crippen LogP contribution in [0.1, 0.15) is 24.0 Å². The Bertz CT molecular complexity index is 474. The number of nitrogens with two attached hydrogens (primary N) is 1. The van der Waals surface area contributed by atoms with Gasteiger partial charge in [-0.1, -0.05) is 72.3 Å². The lowest BCUT2D eigenvalue weighted by molar-refractivity contribution is 0.828. The van der Waals surface area contributed by atoms with Crippen molar-refractivity contribution >= 4 is 12.4 Å². The molecule has 21 heavy (non-hydrogen) atoms. The molecule has 0 bridgehead atoms. The normalized spacial score (nSPS) is 9.76. The summed E-state index contributed by atoms with van der Waals surface area (Å²) in [5, 5.41) is 0. The smallest absolute Gasteiger partial charge is 0.0109 e. The molecule has 0 aliphatic heterocycles. The Morgan fingerprint density at radius 1 is 0.762 bits per heavy atom. The highest BCUT2D eigenvalue weighted by molar-refractivity contribution is 5.85. The summed E-state index contributed by atoms with van der Waals surface area (Å²) in [7, 11) is 0. The van der Waals surface area contributed by atoms with Crippen molar-refractivity contribution in [3.8, 4) is 0 Å². The zero-order valence-electron chi connectivity index (χ0n) is 12.4. The van der Waals surface area contributed by atoms with E-state index in [0.29, 0.717) is 6.54 Å². The minimum atomic E-state index is 0. The average Bonchev–Trinajstić information content (AvgIpc) is 2.52. The molecule has 0 aliphatic carbocycles. The number of allylic oxidation sites excluding steroid dienone is 1. The number of halogens is 1. The lowest BCUT2D eigenvalue weighted by Crippen LogP contribution is -1.99. The summed E-state index contributed by atoms with van der Waals surface area (Å²) >= 11 is 0. The van der Waals surface area contributed by atoms with Gasteiger partial charge in [-0.05, 0) is 36.8 Å². The molecule has 0 saturated carbocycles. The van der Waals surface area contributed by atoms with E-state index < -0.39 is 0 Å². The standard InChI is InChI=1S/C19H23N.ClH/c20-16-15-19(13-11-17-7-3-1-4-8-17)14-12-18-9-5-2-6-10-18;/h1-10,15H,11-14,16,20H2;1H. The second-order valence-corrected chi connectivity index (χ2v) is 5.07. The van der Waals surface area contributed by atoms with Gasteiger partial charge in [0, 0.05) is 6.54 Å². The third-order valence-electron chi connectivity index (χ3n) is 3.56. The van der Waals surface area contributed by atoms with Crippen LogP contribution in [0.2, 0.25) is 0 Å². The van der Waals surface area contributed by atoms with E-state index in [9.17, 15) is 0 Å². The SMILES string of the molecule is Cl.NCC=C(CCc1ccccc1)CCc1ccccc1. The Labute approximate surface area is 134 Å². The maximum absolute atomic E-state index is 5.69. The largest absolute Gasteiger partial charge is 0.327 e. The van der Waals surface area contributed by atoms with Gasteiger partial charge >= 0.3 is 0 Å². The van der Waals surface area contributed by atoms with Crippen molar-refractivity contribution in [2.75, 3.05) is 6.54 Å². The first-order chi connectivity index (χ1) is 9.88. The first-order valence-corrected chi connectivity index (χ1v) is 7.34. The molecule has 2 aromatic rings. The first kappa shape index (κ1) is 17.5. The summed E-state index contributed by atoms with van der Waals surface area (Å²) < 4.78 is 0. The van der Waals surface area contributed by atoms with E-state index in [1.807, 2.05) is 0 Å². The predicted octanol–water partition coefficient (Wildman–Crippen LogP) is 4.56. The summed E-state index contributed by atoms with van der Waals surface area (Å²) in [5.41, 5.74) is 9.96. The Balaban J connectivity index is 0.00000220. The van der Waals surface area contributed by atoms with Crippen LogP contribution in [-0.2, 0) is 12.8 Å². The summed E-state index contributed by atoms with van der Waals surface area (Å²) in [4.78, 5) is 0. The van der Waals surface area contributed by atoms with Gasteiger partial charge in [0.2, 0.25) is 0 Å². The highest BCUT2D eigenvalue weighted by atomic mass is 35.5. The van der Waals surface area contributed by atoms with Crippen LogP contribution < -0.4 is 5.73 Å². The molecule has 0 aliphatic rings. The minimum Gasteiger partial charge on any atom is -0.327 e. The quantitative estimate of drug-likeness (QED) is 0.746. The van der Waals surface area contributed by atoms with Crippen LogP contribution in [0.25, 0.3) is 0 Å². The lowest BCUT2D eigenvalue weighted by atomic mass is 9.98. The molecule has 2 N–H and O–H groups in total. The molecule has 2 rings (SSSR count). The zero-order valence-corrected chi connectivity index (χ0v) is 13.2. The van der Waals surface area contributed by atoms with Crippen molar-refractivity contribution in [2.24, 2.45) is 5.73 Å². The van der Waals surface area contributed by atoms with Crippen LogP contribution in [0, 0.1) is 0 Å². The molecule has 0 heterocycles. The second-order valence-electron chi connectivity index (χ2n) is 5.07. The minimum absolute atomic E-state index is 0. The third kappa shape index (κ3) is 6.61. The van der Waals surface area contributed by atoms with Crippen LogP contribution in [-0.4, -0.2) is 6.54 Å². The summed E-state index contributed by atoms with van der Waals surface area (Å²) in [5.74, 6) is 0. The van der Waals surface area contributed by atoms with Crippen LogP contribution in [0.15, 0.2) is 72.3 Å². The van der Waals surface area contributed by atoms with Crippen LogP contribution in [0.4, 0.5) is 0 Å². The fourth-order valence-corrected chi connectivity index (χ4v) is 2.39. The molecule has 0 fully saturated rings. The van der Waals surface area contributed by atoms with Gasteiger partial charge in [-0.25, -0.2) is 0 Å². The third-order valence-corrected chi connectivity index (χ3v) is 3.56. The molecular weight excluding hydrogens is 278 g/mol. The van der Waals surface area contributed by atoms with Crippen LogP contribution in [0.5, 0.6) is 0 Å². The molecular formula is C19H24ClN. The van der Waals surface area contributed by atoms with Crippen molar-refractivity contribution in [1.82, 2.24) is 0 Å². The van der Waals surface area contributed by atoms with Crippen molar-refractivity contribution in [1.29, 1.82) is 0 Å². The molecule has 2 aromatic carbocycles. The fraction of sp³-hybridized carbons (Fsp3) is 0.263. The monoisotopic (exact) mass is 301 g/mol. The maximum atomic E-state index is 5.69. The Morgan fingerprint density at radius 3 is 1.57 bits per heavy atom. The van der Waals surface area contributed by atoms with E-state index in [0.717, 1.165) is 25.7 Å². The average molecular weight is 302 g/mol. The van der Waals surface area contributed by atoms with E-state index >= 15 is 0 Å². The first-order valence-electron chi connectivity index (χ1n) is 7.34.